The van der Waals surface area contributed by atoms with Crippen LogP contribution in [0.5, 0.6) is 0 Å². The molecular weight excluding hydrogens is 314 g/mol. The topological polar surface area (TPSA) is 45.6 Å². The molecule has 1 heterocycles. The number of nitrogens with zero attached hydrogens (tertiary/aromatic N) is 3. The zero-order valence-corrected chi connectivity index (χ0v) is 14.9. The Hall–Kier alpha value is -2.82. The molecule has 0 saturated carbocycles. The highest BCUT2D eigenvalue weighted by Gasteiger charge is 2.20. The average Bonchev–Trinajstić information content (AvgIpc) is 2.99. The standard InChI is InChI=1S/C20H25N3O2/c1-4-12-22(17(2)24)16-20(25)23(14-18-9-6-5-7-10-18)15-19-11-8-13-21(19)3/h4-11,13H,1,12,14-16H2,2-3H3. The minimum absolute atomic E-state index is 0.0542. The molecule has 5 nitrogen and oxygen atoms in total. The van der Waals surface area contributed by atoms with Gasteiger partial charge in [0, 0.05) is 39.0 Å². The van der Waals surface area contributed by atoms with Crippen LogP contribution in [-0.2, 0) is 29.7 Å². The Morgan fingerprint density at radius 2 is 1.80 bits per heavy atom. The molecule has 0 unspecified atom stereocenters. The van der Waals surface area contributed by atoms with E-state index in [9.17, 15) is 9.59 Å². The van der Waals surface area contributed by atoms with Crippen molar-refractivity contribution in [3.8, 4) is 0 Å². The van der Waals surface area contributed by atoms with Crippen LogP contribution in [0.1, 0.15) is 18.2 Å². The van der Waals surface area contributed by atoms with E-state index in [1.807, 2.05) is 60.3 Å². The molecule has 0 radical (unpaired) electrons. The predicted octanol–water partition coefficient (Wildman–Crippen LogP) is 2.59. The molecule has 2 amide bonds. The lowest BCUT2D eigenvalue weighted by Crippen LogP contribution is -2.42. The summed E-state index contributed by atoms with van der Waals surface area (Å²) in [6.45, 7) is 6.54. The van der Waals surface area contributed by atoms with Crippen LogP contribution in [0.25, 0.3) is 0 Å². The largest absolute Gasteiger partial charge is 0.353 e. The minimum atomic E-state index is -0.133. The van der Waals surface area contributed by atoms with E-state index in [2.05, 4.69) is 6.58 Å². The van der Waals surface area contributed by atoms with Gasteiger partial charge in [-0.05, 0) is 17.7 Å². The first kappa shape index (κ1) is 18.5. The van der Waals surface area contributed by atoms with Gasteiger partial charge in [0.2, 0.25) is 11.8 Å². The second kappa shape index (κ2) is 8.87. The van der Waals surface area contributed by atoms with Crippen molar-refractivity contribution in [3.63, 3.8) is 0 Å². The number of aryl methyl sites for hydroxylation is 1. The van der Waals surface area contributed by atoms with Gasteiger partial charge >= 0.3 is 0 Å². The second-order valence-corrected chi connectivity index (χ2v) is 6.03. The predicted molar refractivity (Wildman–Crippen MR) is 98.6 cm³/mol. The lowest BCUT2D eigenvalue weighted by Gasteiger charge is -2.27. The summed E-state index contributed by atoms with van der Waals surface area (Å²) in [5, 5.41) is 0. The Morgan fingerprint density at radius 3 is 2.36 bits per heavy atom. The van der Waals surface area contributed by atoms with Gasteiger partial charge in [-0.2, -0.15) is 0 Å². The van der Waals surface area contributed by atoms with Crippen molar-refractivity contribution >= 4 is 11.8 Å². The number of aromatic nitrogens is 1. The van der Waals surface area contributed by atoms with Gasteiger partial charge < -0.3 is 14.4 Å². The molecule has 0 aliphatic rings. The number of carbonyl (C=O) groups excluding carboxylic acids is 2. The fraction of sp³-hybridized carbons (Fsp3) is 0.300. The van der Waals surface area contributed by atoms with Gasteiger partial charge in [-0.25, -0.2) is 0 Å². The first-order chi connectivity index (χ1) is 12.0. The molecule has 5 heteroatoms. The van der Waals surface area contributed by atoms with Gasteiger partial charge in [0.15, 0.2) is 0 Å². The maximum absolute atomic E-state index is 12.9. The summed E-state index contributed by atoms with van der Waals surface area (Å²) in [7, 11) is 1.96. The number of rotatable bonds is 8. The Balaban J connectivity index is 2.17. The molecule has 0 bridgehead atoms. The molecule has 1 aromatic carbocycles. The van der Waals surface area contributed by atoms with Gasteiger partial charge in [0.25, 0.3) is 0 Å². The van der Waals surface area contributed by atoms with Crippen LogP contribution in [-0.4, -0.2) is 39.3 Å². The fourth-order valence-corrected chi connectivity index (χ4v) is 2.62. The summed E-state index contributed by atoms with van der Waals surface area (Å²) in [5.41, 5.74) is 2.10. The molecule has 0 N–H and O–H groups in total. The van der Waals surface area contributed by atoms with E-state index >= 15 is 0 Å². The van der Waals surface area contributed by atoms with Gasteiger partial charge in [-0.3, -0.25) is 9.59 Å². The third-order valence-corrected chi connectivity index (χ3v) is 4.09. The zero-order chi connectivity index (χ0) is 18.2. The van der Waals surface area contributed by atoms with Crippen LogP contribution in [0.2, 0.25) is 0 Å². The van der Waals surface area contributed by atoms with Crippen molar-refractivity contribution in [1.29, 1.82) is 0 Å². The third kappa shape index (κ3) is 5.35. The van der Waals surface area contributed by atoms with E-state index in [-0.39, 0.29) is 18.4 Å². The first-order valence-corrected chi connectivity index (χ1v) is 8.29. The quantitative estimate of drug-likeness (QED) is 0.694. The molecule has 25 heavy (non-hydrogen) atoms. The van der Waals surface area contributed by atoms with Crippen LogP contribution in [0.4, 0.5) is 0 Å². The van der Waals surface area contributed by atoms with Gasteiger partial charge in [0.05, 0.1) is 6.54 Å². The van der Waals surface area contributed by atoms with Crippen molar-refractivity contribution in [2.24, 2.45) is 7.05 Å². The lowest BCUT2D eigenvalue weighted by molar-refractivity contribution is -0.139. The van der Waals surface area contributed by atoms with Crippen molar-refractivity contribution in [2.45, 2.75) is 20.0 Å². The van der Waals surface area contributed by atoms with Crippen LogP contribution < -0.4 is 0 Å². The number of hydrogen-bond donors (Lipinski definition) is 0. The van der Waals surface area contributed by atoms with Gasteiger partial charge in [0.1, 0.15) is 6.54 Å². The smallest absolute Gasteiger partial charge is 0.242 e. The summed E-state index contributed by atoms with van der Waals surface area (Å²) in [4.78, 5) is 27.9. The Labute approximate surface area is 149 Å². The normalized spacial score (nSPS) is 10.3. The van der Waals surface area contributed by atoms with Crippen molar-refractivity contribution in [2.75, 3.05) is 13.1 Å². The Kier molecular flexibility index (Phi) is 6.57. The molecule has 2 aromatic rings. The Morgan fingerprint density at radius 1 is 1.08 bits per heavy atom. The van der Waals surface area contributed by atoms with Gasteiger partial charge in [-0.15, -0.1) is 6.58 Å². The van der Waals surface area contributed by atoms with Crippen LogP contribution in [0.15, 0.2) is 61.3 Å². The molecule has 1 aromatic heterocycles. The molecular formula is C20H25N3O2. The number of carbonyl (C=O) groups is 2. The molecule has 0 aliphatic heterocycles. The van der Waals surface area contributed by atoms with E-state index in [1.54, 1.807) is 11.0 Å². The average molecular weight is 339 g/mol. The van der Waals surface area contributed by atoms with Crippen molar-refractivity contribution in [1.82, 2.24) is 14.4 Å². The molecule has 0 atom stereocenters. The third-order valence-electron chi connectivity index (χ3n) is 4.09. The van der Waals surface area contributed by atoms with Crippen LogP contribution in [0.3, 0.4) is 0 Å². The van der Waals surface area contributed by atoms with Gasteiger partial charge in [-0.1, -0.05) is 36.4 Å². The molecule has 0 aliphatic carbocycles. The number of amides is 2. The summed E-state index contributed by atoms with van der Waals surface area (Å²) in [5.74, 6) is -0.214. The van der Waals surface area contributed by atoms with Crippen LogP contribution in [0, 0.1) is 0 Å². The van der Waals surface area contributed by atoms with Crippen LogP contribution >= 0.6 is 0 Å². The highest BCUT2D eigenvalue weighted by atomic mass is 16.2. The van der Waals surface area contributed by atoms with E-state index in [4.69, 9.17) is 0 Å². The highest BCUT2D eigenvalue weighted by Crippen LogP contribution is 2.11. The molecule has 132 valence electrons. The molecule has 0 spiro atoms. The lowest BCUT2D eigenvalue weighted by atomic mass is 10.2. The van der Waals surface area contributed by atoms with E-state index < -0.39 is 0 Å². The monoisotopic (exact) mass is 339 g/mol. The van der Waals surface area contributed by atoms with Crippen molar-refractivity contribution in [3.05, 3.63) is 72.6 Å². The minimum Gasteiger partial charge on any atom is -0.353 e. The summed E-state index contributed by atoms with van der Waals surface area (Å²) in [6, 6.07) is 13.8. The second-order valence-electron chi connectivity index (χ2n) is 6.03. The summed E-state index contributed by atoms with van der Waals surface area (Å²) in [6.07, 6.45) is 3.59. The van der Waals surface area contributed by atoms with E-state index in [0.29, 0.717) is 19.6 Å². The number of hydrogen-bond acceptors (Lipinski definition) is 2. The fourth-order valence-electron chi connectivity index (χ4n) is 2.62. The molecule has 0 fully saturated rings. The highest BCUT2D eigenvalue weighted by molar-refractivity contribution is 5.84. The maximum atomic E-state index is 12.9. The SMILES string of the molecule is C=CCN(CC(=O)N(Cc1ccccc1)Cc1cccn1C)C(C)=O. The molecule has 2 rings (SSSR count). The Bertz CT molecular complexity index is 722. The summed E-state index contributed by atoms with van der Waals surface area (Å²) >= 11 is 0. The maximum Gasteiger partial charge on any atom is 0.242 e. The van der Waals surface area contributed by atoms with E-state index in [0.717, 1.165) is 11.3 Å². The summed E-state index contributed by atoms with van der Waals surface area (Å²) < 4.78 is 2.00. The number of benzene rings is 1. The van der Waals surface area contributed by atoms with E-state index in [1.165, 1.54) is 11.8 Å². The first-order valence-electron chi connectivity index (χ1n) is 8.29. The zero-order valence-electron chi connectivity index (χ0n) is 14.9. The van der Waals surface area contributed by atoms with Crippen molar-refractivity contribution < 1.29 is 9.59 Å². The molecule has 0 saturated heterocycles.